The van der Waals surface area contributed by atoms with Crippen LogP contribution in [0, 0.1) is 5.92 Å². The van der Waals surface area contributed by atoms with Gasteiger partial charge in [-0.05, 0) is 53.7 Å². The normalized spacial score (nSPS) is 22.0. The second-order valence-corrected chi connectivity index (χ2v) is 8.21. The van der Waals surface area contributed by atoms with Gasteiger partial charge in [0.2, 0.25) is 10.0 Å². The minimum absolute atomic E-state index is 0.00227. The standard InChI is InChI=1S/C14H21BrN2O3S/c1-10(16)11-4-3-7-17(9-11)21(18,19)12-5-6-13(15)14(8-12)20-2/h5-6,8,10-11H,3-4,7,9,16H2,1-2H3/t10-,11+/m1/s1. The number of nitrogens with two attached hydrogens (primary N) is 1. The first kappa shape index (κ1) is 16.7. The molecule has 2 rings (SSSR count). The highest BCUT2D eigenvalue weighted by Crippen LogP contribution is 2.30. The molecule has 1 fully saturated rings. The maximum absolute atomic E-state index is 12.7. The van der Waals surface area contributed by atoms with Crippen molar-refractivity contribution in [2.24, 2.45) is 11.7 Å². The van der Waals surface area contributed by atoms with Gasteiger partial charge >= 0.3 is 0 Å². The van der Waals surface area contributed by atoms with Gasteiger partial charge in [0.15, 0.2) is 0 Å². The Hall–Kier alpha value is -0.630. The number of rotatable bonds is 4. The number of hydrogen-bond acceptors (Lipinski definition) is 4. The van der Waals surface area contributed by atoms with Crippen molar-refractivity contribution in [3.8, 4) is 5.75 Å². The van der Waals surface area contributed by atoms with Gasteiger partial charge in [0.1, 0.15) is 5.75 Å². The molecule has 1 aromatic rings. The summed E-state index contributed by atoms with van der Waals surface area (Å²) in [6.45, 7) is 2.96. The van der Waals surface area contributed by atoms with Crippen molar-refractivity contribution in [1.82, 2.24) is 4.31 Å². The van der Waals surface area contributed by atoms with E-state index in [1.165, 1.54) is 11.4 Å². The summed E-state index contributed by atoms with van der Waals surface area (Å²) in [4.78, 5) is 0.257. The number of hydrogen-bond donors (Lipinski definition) is 1. The van der Waals surface area contributed by atoms with Gasteiger partial charge in [-0.15, -0.1) is 0 Å². The number of sulfonamides is 1. The van der Waals surface area contributed by atoms with Crippen LogP contribution >= 0.6 is 15.9 Å². The lowest BCUT2D eigenvalue weighted by atomic mass is 9.93. The van der Waals surface area contributed by atoms with Gasteiger partial charge in [0, 0.05) is 25.2 Å². The van der Waals surface area contributed by atoms with Gasteiger partial charge in [-0.25, -0.2) is 8.42 Å². The van der Waals surface area contributed by atoms with Crippen LogP contribution in [-0.2, 0) is 10.0 Å². The Morgan fingerprint density at radius 2 is 2.19 bits per heavy atom. The Bertz CT molecular complexity index is 604. The monoisotopic (exact) mass is 376 g/mol. The lowest BCUT2D eigenvalue weighted by molar-refractivity contribution is 0.243. The fourth-order valence-electron chi connectivity index (χ4n) is 2.57. The molecule has 0 aromatic heterocycles. The molecule has 1 aliphatic heterocycles. The average molecular weight is 377 g/mol. The lowest BCUT2D eigenvalue weighted by Crippen LogP contribution is -2.44. The van der Waals surface area contributed by atoms with Crippen LogP contribution in [0.15, 0.2) is 27.6 Å². The number of piperidine rings is 1. The molecule has 0 unspecified atom stereocenters. The van der Waals surface area contributed by atoms with Crippen LogP contribution in [-0.4, -0.2) is 39.0 Å². The van der Waals surface area contributed by atoms with E-state index in [0.717, 1.165) is 17.3 Å². The van der Waals surface area contributed by atoms with E-state index in [0.29, 0.717) is 18.8 Å². The zero-order valence-corrected chi connectivity index (χ0v) is 14.7. The highest BCUT2D eigenvalue weighted by Gasteiger charge is 2.31. The predicted octanol–water partition coefficient (Wildman–Crippen LogP) is 2.21. The third-order valence-corrected chi connectivity index (χ3v) is 6.44. The molecule has 0 spiro atoms. The molecule has 2 atom stereocenters. The third kappa shape index (κ3) is 3.59. The molecule has 1 aromatic carbocycles. The van der Waals surface area contributed by atoms with Crippen molar-refractivity contribution < 1.29 is 13.2 Å². The molecule has 7 heteroatoms. The molecule has 1 heterocycles. The summed E-state index contributed by atoms with van der Waals surface area (Å²) in [7, 11) is -1.98. The Morgan fingerprint density at radius 1 is 1.48 bits per heavy atom. The van der Waals surface area contributed by atoms with E-state index >= 15 is 0 Å². The number of ether oxygens (including phenoxy) is 1. The van der Waals surface area contributed by atoms with Gasteiger partial charge < -0.3 is 10.5 Å². The minimum atomic E-state index is -3.50. The van der Waals surface area contributed by atoms with E-state index in [-0.39, 0.29) is 16.9 Å². The first-order valence-corrected chi connectivity index (χ1v) is 9.19. The fourth-order valence-corrected chi connectivity index (χ4v) is 4.53. The summed E-state index contributed by atoms with van der Waals surface area (Å²) >= 11 is 3.33. The fraction of sp³-hybridized carbons (Fsp3) is 0.571. The Balaban J connectivity index is 2.29. The van der Waals surface area contributed by atoms with Gasteiger partial charge in [-0.2, -0.15) is 4.31 Å². The third-order valence-electron chi connectivity index (χ3n) is 3.92. The predicted molar refractivity (Wildman–Crippen MR) is 85.8 cm³/mol. The maximum Gasteiger partial charge on any atom is 0.243 e. The minimum Gasteiger partial charge on any atom is -0.496 e. The zero-order chi connectivity index (χ0) is 15.6. The Kier molecular flexibility index (Phi) is 5.29. The quantitative estimate of drug-likeness (QED) is 0.873. The van der Waals surface area contributed by atoms with Crippen LogP contribution in [0.4, 0.5) is 0 Å². The van der Waals surface area contributed by atoms with Gasteiger partial charge in [-0.3, -0.25) is 0 Å². The van der Waals surface area contributed by atoms with Crippen LogP contribution in [0.1, 0.15) is 19.8 Å². The molecule has 0 bridgehead atoms. The summed E-state index contributed by atoms with van der Waals surface area (Å²) in [6, 6.07) is 4.84. The lowest BCUT2D eigenvalue weighted by Gasteiger charge is -2.33. The van der Waals surface area contributed by atoms with Crippen molar-refractivity contribution in [3.05, 3.63) is 22.7 Å². The smallest absolute Gasteiger partial charge is 0.243 e. The Labute approximate surface area is 134 Å². The van der Waals surface area contributed by atoms with Crippen LogP contribution in [0.2, 0.25) is 0 Å². The second kappa shape index (κ2) is 6.64. The highest BCUT2D eigenvalue weighted by molar-refractivity contribution is 9.10. The van der Waals surface area contributed by atoms with Crippen molar-refractivity contribution in [2.75, 3.05) is 20.2 Å². The van der Waals surface area contributed by atoms with Gasteiger partial charge in [-0.1, -0.05) is 0 Å². The summed E-state index contributed by atoms with van der Waals surface area (Å²) in [6.07, 6.45) is 1.83. The van der Waals surface area contributed by atoms with Crippen LogP contribution < -0.4 is 10.5 Å². The maximum atomic E-state index is 12.7. The molecule has 21 heavy (non-hydrogen) atoms. The molecule has 118 valence electrons. The topological polar surface area (TPSA) is 72.6 Å². The van der Waals surface area contributed by atoms with E-state index < -0.39 is 10.0 Å². The number of nitrogens with zero attached hydrogens (tertiary/aromatic N) is 1. The SMILES string of the molecule is COc1cc(S(=O)(=O)N2CCC[C@H]([C@@H](C)N)C2)ccc1Br. The Morgan fingerprint density at radius 3 is 2.81 bits per heavy atom. The number of benzene rings is 1. The molecule has 0 radical (unpaired) electrons. The molecule has 0 saturated carbocycles. The van der Waals surface area contributed by atoms with Crippen molar-refractivity contribution in [1.29, 1.82) is 0 Å². The van der Waals surface area contributed by atoms with Gasteiger partial charge in [0.05, 0.1) is 16.5 Å². The van der Waals surface area contributed by atoms with Gasteiger partial charge in [0.25, 0.3) is 0 Å². The number of methoxy groups -OCH3 is 1. The average Bonchev–Trinajstić information content (AvgIpc) is 2.47. The first-order chi connectivity index (χ1) is 9.86. The van der Waals surface area contributed by atoms with Crippen LogP contribution in [0.25, 0.3) is 0 Å². The molecule has 0 aliphatic carbocycles. The molecule has 1 aliphatic rings. The van der Waals surface area contributed by atoms with Crippen molar-refractivity contribution in [3.63, 3.8) is 0 Å². The molecule has 0 amide bonds. The first-order valence-electron chi connectivity index (χ1n) is 6.95. The number of halogens is 1. The van der Waals surface area contributed by atoms with E-state index in [4.69, 9.17) is 10.5 Å². The molecule has 5 nitrogen and oxygen atoms in total. The summed E-state index contributed by atoms with van der Waals surface area (Å²) in [5.74, 6) is 0.725. The summed E-state index contributed by atoms with van der Waals surface area (Å²) in [5.41, 5.74) is 5.93. The van der Waals surface area contributed by atoms with E-state index in [1.54, 1.807) is 18.2 Å². The molecular weight excluding hydrogens is 356 g/mol. The second-order valence-electron chi connectivity index (χ2n) is 5.42. The highest BCUT2D eigenvalue weighted by atomic mass is 79.9. The zero-order valence-electron chi connectivity index (χ0n) is 12.3. The summed E-state index contributed by atoms with van der Waals surface area (Å²) in [5, 5.41) is 0. The molecule has 2 N–H and O–H groups in total. The largest absolute Gasteiger partial charge is 0.496 e. The molecule has 1 saturated heterocycles. The van der Waals surface area contributed by atoms with Crippen molar-refractivity contribution in [2.45, 2.75) is 30.7 Å². The molecular formula is C14H21BrN2O3S. The van der Waals surface area contributed by atoms with Crippen molar-refractivity contribution >= 4 is 26.0 Å². The van der Waals surface area contributed by atoms with Crippen LogP contribution in [0.3, 0.4) is 0 Å². The van der Waals surface area contributed by atoms with E-state index in [2.05, 4.69) is 15.9 Å². The van der Waals surface area contributed by atoms with Crippen LogP contribution in [0.5, 0.6) is 5.75 Å². The van der Waals surface area contributed by atoms with E-state index in [9.17, 15) is 8.42 Å². The van der Waals surface area contributed by atoms with E-state index in [1.807, 2.05) is 6.92 Å². The summed E-state index contributed by atoms with van der Waals surface area (Å²) < 4.78 is 32.9.